The average molecular weight is 447 g/mol. The van der Waals surface area contributed by atoms with Gasteiger partial charge in [0.15, 0.2) is 5.65 Å². The van der Waals surface area contributed by atoms with E-state index in [0.29, 0.717) is 11.2 Å². The summed E-state index contributed by atoms with van der Waals surface area (Å²) in [6, 6.07) is 0. The first-order valence-electron chi connectivity index (χ1n) is 6.95. The van der Waals surface area contributed by atoms with Crippen molar-refractivity contribution in [2.45, 2.75) is 19.4 Å². The largest absolute Gasteiger partial charge is 0.488 e. The fourth-order valence-electron chi connectivity index (χ4n) is 1.95. The maximum absolute atomic E-state index is 11.8. The number of fused-ring (bicyclic) bond motifs is 1. The van der Waals surface area contributed by atoms with E-state index in [-0.39, 0.29) is 12.4 Å². The third-order valence-electron chi connectivity index (χ3n) is 2.87. The van der Waals surface area contributed by atoms with Crippen molar-refractivity contribution < 1.29 is 46.6 Å². The number of nitrogen functional groups attached to an aromatic ring is 1. The van der Waals surface area contributed by atoms with Crippen LogP contribution in [0.1, 0.15) is 12.5 Å². The molecule has 2 rings (SSSR count). The standard InChI is InChI=1S/C9H16N5O10P3/c1-6(2-7-3-13-14-8(7)11-4-12-9(14)10)22-5-25(15,16)23-27(20,21)24-26(17,18)19/h3-4,6H,2,5H2,1H3,(H,15,16)(H,20,21)(H2,10,11,12)(H2,17,18,19)/t6-/m0/s1. The Morgan fingerprint density at radius 3 is 2.48 bits per heavy atom. The number of nitrogens with two attached hydrogens (primary N) is 1. The van der Waals surface area contributed by atoms with Gasteiger partial charge < -0.3 is 30.0 Å². The van der Waals surface area contributed by atoms with E-state index >= 15 is 0 Å². The van der Waals surface area contributed by atoms with Crippen LogP contribution >= 0.6 is 23.2 Å². The summed E-state index contributed by atoms with van der Waals surface area (Å²) in [4.78, 5) is 43.3. The van der Waals surface area contributed by atoms with Crippen molar-refractivity contribution >= 4 is 34.8 Å². The van der Waals surface area contributed by atoms with Gasteiger partial charge in [0.1, 0.15) is 12.7 Å². The molecule has 15 nitrogen and oxygen atoms in total. The van der Waals surface area contributed by atoms with E-state index in [4.69, 9.17) is 25.2 Å². The molecule has 0 amide bonds. The lowest BCUT2D eigenvalue weighted by molar-refractivity contribution is 0.0879. The molecule has 6 N–H and O–H groups in total. The molecule has 0 spiro atoms. The van der Waals surface area contributed by atoms with E-state index in [1.807, 2.05) is 0 Å². The Kier molecular flexibility index (Phi) is 6.55. The van der Waals surface area contributed by atoms with E-state index < -0.39 is 35.7 Å². The van der Waals surface area contributed by atoms with Gasteiger partial charge in [0.05, 0.1) is 12.3 Å². The van der Waals surface area contributed by atoms with Gasteiger partial charge in [-0.3, -0.25) is 4.57 Å². The van der Waals surface area contributed by atoms with Gasteiger partial charge in [0, 0.05) is 12.0 Å². The van der Waals surface area contributed by atoms with Crippen molar-refractivity contribution in [1.82, 2.24) is 19.6 Å². The summed E-state index contributed by atoms with van der Waals surface area (Å²) in [5.74, 6) is 0.108. The molecule has 0 bridgehead atoms. The number of anilines is 1. The van der Waals surface area contributed by atoms with Crippen LogP contribution in [0.15, 0.2) is 12.5 Å². The Morgan fingerprint density at radius 2 is 1.85 bits per heavy atom. The maximum atomic E-state index is 11.8. The van der Waals surface area contributed by atoms with Crippen molar-refractivity contribution in [1.29, 1.82) is 0 Å². The van der Waals surface area contributed by atoms with Gasteiger partial charge in [-0.1, -0.05) is 0 Å². The lowest BCUT2D eigenvalue weighted by Crippen LogP contribution is -2.13. The number of nitrogens with zero attached hydrogens (tertiary/aromatic N) is 4. The van der Waals surface area contributed by atoms with Crippen LogP contribution in [0, 0.1) is 0 Å². The highest BCUT2D eigenvalue weighted by atomic mass is 31.3. The molecule has 27 heavy (non-hydrogen) atoms. The molecule has 0 saturated carbocycles. The molecule has 0 fully saturated rings. The second-order valence-corrected chi connectivity index (χ2v) is 9.97. The quantitative estimate of drug-likeness (QED) is 0.319. The number of rotatable bonds is 9. The lowest BCUT2D eigenvalue weighted by Gasteiger charge is -2.18. The average Bonchev–Trinajstić information content (AvgIpc) is 2.86. The van der Waals surface area contributed by atoms with Crippen molar-refractivity contribution in [3.05, 3.63) is 18.1 Å². The van der Waals surface area contributed by atoms with Gasteiger partial charge >= 0.3 is 23.2 Å². The first-order chi connectivity index (χ1) is 12.3. The van der Waals surface area contributed by atoms with E-state index in [1.165, 1.54) is 24.0 Å². The number of aromatic nitrogens is 4. The minimum atomic E-state index is -5.49. The van der Waals surface area contributed by atoms with Crippen molar-refractivity contribution in [3.8, 4) is 0 Å². The Bertz CT molecular complexity index is 959. The third-order valence-corrected chi connectivity index (χ3v) is 6.87. The first-order valence-corrected chi connectivity index (χ1v) is 11.7. The molecule has 0 saturated heterocycles. The van der Waals surface area contributed by atoms with Crippen LogP contribution in [0.4, 0.5) is 5.95 Å². The van der Waals surface area contributed by atoms with Gasteiger partial charge in [-0.25, -0.2) is 23.4 Å². The Balaban J connectivity index is 1.96. The Morgan fingerprint density at radius 1 is 1.19 bits per heavy atom. The normalized spacial score (nSPS) is 18.1. The summed E-state index contributed by atoms with van der Waals surface area (Å²) in [5, 5.41) is 3.98. The number of hydrogen-bond acceptors (Lipinski definition) is 10. The van der Waals surface area contributed by atoms with Gasteiger partial charge in [-0.05, 0) is 6.92 Å². The SMILES string of the molecule is C[C@@H](Cc1cnn2c(N)ncnc12)OCP(=O)(O)OP(=O)(O)OP(=O)(O)O. The summed E-state index contributed by atoms with van der Waals surface area (Å²) >= 11 is 0. The Labute approximate surface area is 151 Å². The molecule has 2 aromatic heterocycles. The van der Waals surface area contributed by atoms with Crippen LogP contribution in [0.3, 0.4) is 0 Å². The van der Waals surface area contributed by atoms with Gasteiger partial charge in [0.25, 0.3) is 0 Å². The Hall–Kier alpha value is -1.24. The predicted molar refractivity (Wildman–Crippen MR) is 88.2 cm³/mol. The van der Waals surface area contributed by atoms with Gasteiger partial charge in [0.2, 0.25) is 5.95 Å². The summed E-state index contributed by atoms with van der Waals surface area (Å²) < 4.78 is 47.4. The first kappa shape index (κ1) is 22.1. The molecule has 2 heterocycles. The number of hydrogen-bond donors (Lipinski definition) is 5. The zero-order valence-corrected chi connectivity index (χ0v) is 16.3. The zero-order valence-electron chi connectivity index (χ0n) is 13.6. The highest BCUT2D eigenvalue weighted by Gasteiger charge is 2.39. The molecule has 0 aliphatic rings. The molecule has 3 atom stereocenters. The second kappa shape index (κ2) is 8.02. The molecule has 2 unspecified atom stereocenters. The molecule has 18 heteroatoms. The maximum Gasteiger partial charge on any atom is 0.488 e. The summed E-state index contributed by atoms with van der Waals surface area (Å²) in [6.07, 6.45) is 1.12. The summed E-state index contributed by atoms with van der Waals surface area (Å²) in [5.41, 5.74) is 6.62. The topological polar surface area (TPSA) is 229 Å². The molecule has 2 aromatic rings. The van der Waals surface area contributed by atoms with Crippen LogP contribution in [0.2, 0.25) is 0 Å². The van der Waals surface area contributed by atoms with E-state index in [9.17, 15) is 18.6 Å². The van der Waals surface area contributed by atoms with Crippen LogP contribution in [-0.4, -0.2) is 51.6 Å². The molecule has 0 aliphatic carbocycles. The molecule has 0 aromatic carbocycles. The van der Waals surface area contributed by atoms with Crippen LogP contribution < -0.4 is 5.73 Å². The number of phosphoric acid groups is 2. The highest BCUT2D eigenvalue weighted by Crippen LogP contribution is 2.65. The monoisotopic (exact) mass is 447 g/mol. The van der Waals surface area contributed by atoms with Gasteiger partial charge in [-0.15, -0.1) is 0 Å². The van der Waals surface area contributed by atoms with E-state index in [2.05, 4.69) is 23.7 Å². The fraction of sp³-hybridized carbons (Fsp3) is 0.444. The fourth-order valence-corrected chi connectivity index (χ4v) is 5.33. The van der Waals surface area contributed by atoms with E-state index in [1.54, 1.807) is 0 Å². The van der Waals surface area contributed by atoms with Crippen LogP contribution in [0.25, 0.3) is 5.65 Å². The van der Waals surface area contributed by atoms with E-state index in [0.717, 1.165) is 0 Å². The second-order valence-electron chi connectivity index (χ2n) is 5.21. The minimum Gasteiger partial charge on any atom is -0.368 e. The third kappa shape index (κ3) is 6.70. The van der Waals surface area contributed by atoms with Crippen molar-refractivity contribution in [3.63, 3.8) is 0 Å². The highest BCUT2D eigenvalue weighted by molar-refractivity contribution is 7.68. The molecule has 0 radical (unpaired) electrons. The van der Waals surface area contributed by atoms with Crippen LogP contribution in [0.5, 0.6) is 0 Å². The molecule has 0 aliphatic heterocycles. The lowest BCUT2D eigenvalue weighted by atomic mass is 10.2. The molecular formula is C9H16N5O10P3. The predicted octanol–water partition coefficient (Wildman–Crippen LogP) is 0.0233. The van der Waals surface area contributed by atoms with Crippen molar-refractivity contribution in [2.24, 2.45) is 0 Å². The molecular weight excluding hydrogens is 431 g/mol. The van der Waals surface area contributed by atoms with Crippen LogP contribution in [-0.2, 0) is 33.5 Å². The van der Waals surface area contributed by atoms with Gasteiger partial charge in [-0.2, -0.15) is 13.9 Å². The summed E-state index contributed by atoms with van der Waals surface area (Å²) in [6.45, 7) is 1.53. The smallest absolute Gasteiger partial charge is 0.368 e. The number of ether oxygens (including phenoxy) is 1. The minimum absolute atomic E-state index is 0.108. The summed E-state index contributed by atoms with van der Waals surface area (Å²) in [7, 11) is -15.8. The zero-order chi connectivity index (χ0) is 20.5. The molecule has 152 valence electrons. The van der Waals surface area contributed by atoms with Crippen molar-refractivity contribution in [2.75, 3.05) is 12.1 Å².